The molecule has 0 spiro atoms. The highest BCUT2D eigenvalue weighted by atomic mass is 79.9. The van der Waals surface area contributed by atoms with Gasteiger partial charge in [-0.25, -0.2) is 4.98 Å². The Morgan fingerprint density at radius 1 is 1.35 bits per heavy atom. The summed E-state index contributed by atoms with van der Waals surface area (Å²) in [6.07, 6.45) is 0. The largest absolute Gasteiger partial charge is 0.245 e. The minimum Gasteiger partial charge on any atom is -0.245 e. The predicted molar refractivity (Wildman–Crippen MR) is 79.9 cm³/mol. The van der Waals surface area contributed by atoms with Gasteiger partial charge in [-0.3, -0.25) is 0 Å². The topological polar surface area (TPSA) is 12.9 Å². The number of hydrogen-bond acceptors (Lipinski definition) is 3. The maximum Gasteiger partial charge on any atom is 0.103 e. The minimum atomic E-state index is 0.522. The lowest BCUT2D eigenvalue weighted by Gasteiger charge is -2.02. The summed E-state index contributed by atoms with van der Waals surface area (Å²) in [4.78, 5) is 5.91. The lowest BCUT2D eigenvalue weighted by molar-refractivity contribution is 0.828. The molecule has 0 aliphatic carbocycles. The van der Waals surface area contributed by atoms with E-state index < -0.39 is 0 Å². The molecule has 1 aromatic carbocycles. The molecule has 0 atom stereocenters. The first kappa shape index (κ1) is 13.1. The number of rotatable bonds is 4. The van der Waals surface area contributed by atoms with E-state index in [2.05, 4.69) is 58.3 Å². The molecular formula is C13H14BrNS2. The van der Waals surface area contributed by atoms with E-state index in [1.807, 2.05) is 17.8 Å². The molecule has 0 saturated heterocycles. The Morgan fingerprint density at radius 2 is 2.12 bits per heavy atom. The quantitative estimate of drug-likeness (QED) is 0.704. The fourth-order valence-electron chi connectivity index (χ4n) is 1.36. The molecule has 4 heteroatoms. The van der Waals surface area contributed by atoms with Crippen LogP contribution in [0.4, 0.5) is 0 Å². The van der Waals surface area contributed by atoms with Crippen LogP contribution in [0.5, 0.6) is 0 Å². The lowest BCUT2D eigenvalue weighted by atomic mass is 10.2. The van der Waals surface area contributed by atoms with Crippen LogP contribution in [0.25, 0.3) is 0 Å². The van der Waals surface area contributed by atoms with Crippen LogP contribution in [-0.2, 0) is 5.75 Å². The summed E-state index contributed by atoms with van der Waals surface area (Å²) < 4.78 is 1.16. The van der Waals surface area contributed by atoms with Gasteiger partial charge in [0.2, 0.25) is 0 Å². The number of halogens is 1. The Kier molecular flexibility index (Phi) is 4.65. The van der Waals surface area contributed by atoms with Crippen LogP contribution in [0.2, 0.25) is 0 Å². The Labute approximate surface area is 119 Å². The maximum absolute atomic E-state index is 4.64. The van der Waals surface area contributed by atoms with Crippen molar-refractivity contribution in [2.45, 2.75) is 30.4 Å². The van der Waals surface area contributed by atoms with Gasteiger partial charge in [-0.1, -0.05) is 26.0 Å². The molecule has 0 aliphatic rings. The van der Waals surface area contributed by atoms with Gasteiger partial charge in [0.15, 0.2) is 0 Å². The van der Waals surface area contributed by atoms with Crippen molar-refractivity contribution in [3.63, 3.8) is 0 Å². The van der Waals surface area contributed by atoms with Crippen molar-refractivity contribution in [2.24, 2.45) is 0 Å². The zero-order valence-corrected chi connectivity index (χ0v) is 13.0. The van der Waals surface area contributed by atoms with Crippen molar-refractivity contribution < 1.29 is 0 Å². The van der Waals surface area contributed by atoms with Gasteiger partial charge in [-0.15, -0.1) is 23.1 Å². The summed E-state index contributed by atoms with van der Waals surface area (Å²) in [5, 5.41) is 3.37. The van der Waals surface area contributed by atoms with E-state index in [1.54, 1.807) is 11.3 Å². The molecule has 0 saturated carbocycles. The predicted octanol–water partition coefficient (Wildman–Crippen LogP) is 5.32. The molecule has 0 fully saturated rings. The standard InChI is InChI=1S/C13H14BrNS2/c1-9(2)11-7-17-13(15-11)8-16-12-6-4-3-5-10(12)14/h3-7,9H,8H2,1-2H3. The van der Waals surface area contributed by atoms with Crippen LogP contribution in [0.15, 0.2) is 39.0 Å². The Bertz CT molecular complexity index is 494. The number of aromatic nitrogens is 1. The number of hydrogen-bond donors (Lipinski definition) is 0. The lowest BCUT2D eigenvalue weighted by Crippen LogP contribution is -1.88. The average Bonchev–Trinajstić information content (AvgIpc) is 2.77. The number of nitrogens with zero attached hydrogens (tertiary/aromatic N) is 1. The second-order valence-electron chi connectivity index (χ2n) is 4.04. The number of thioether (sulfide) groups is 1. The summed E-state index contributed by atoms with van der Waals surface area (Å²) in [5.41, 5.74) is 1.21. The average molecular weight is 328 g/mol. The number of benzene rings is 1. The van der Waals surface area contributed by atoms with Crippen LogP contribution >= 0.6 is 39.0 Å². The minimum absolute atomic E-state index is 0.522. The maximum atomic E-state index is 4.64. The van der Waals surface area contributed by atoms with E-state index in [0.717, 1.165) is 10.2 Å². The Morgan fingerprint density at radius 3 is 2.76 bits per heavy atom. The Hall–Kier alpha value is -0.320. The summed E-state index contributed by atoms with van der Waals surface area (Å²) in [6.45, 7) is 4.36. The number of thiazole rings is 1. The van der Waals surface area contributed by atoms with Crippen LogP contribution in [0.3, 0.4) is 0 Å². The van der Waals surface area contributed by atoms with E-state index in [9.17, 15) is 0 Å². The van der Waals surface area contributed by atoms with Crippen molar-refractivity contribution in [1.29, 1.82) is 0 Å². The summed E-state index contributed by atoms with van der Waals surface area (Å²) in [5.74, 6) is 1.47. The molecule has 1 nitrogen and oxygen atoms in total. The zero-order chi connectivity index (χ0) is 12.3. The molecule has 0 N–H and O–H groups in total. The normalized spacial score (nSPS) is 11.1. The van der Waals surface area contributed by atoms with Crippen molar-refractivity contribution in [2.75, 3.05) is 0 Å². The van der Waals surface area contributed by atoms with E-state index in [4.69, 9.17) is 0 Å². The molecule has 90 valence electrons. The van der Waals surface area contributed by atoms with Crippen LogP contribution in [0, 0.1) is 0 Å². The summed E-state index contributed by atoms with van der Waals surface area (Å²) >= 11 is 7.14. The van der Waals surface area contributed by atoms with Gasteiger partial charge in [0.1, 0.15) is 5.01 Å². The monoisotopic (exact) mass is 327 g/mol. The van der Waals surface area contributed by atoms with E-state index >= 15 is 0 Å². The van der Waals surface area contributed by atoms with Crippen molar-refractivity contribution >= 4 is 39.0 Å². The van der Waals surface area contributed by atoms with E-state index in [1.165, 1.54) is 15.6 Å². The molecule has 2 rings (SSSR count). The second kappa shape index (κ2) is 6.03. The van der Waals surface area contributed by atoms with Gasteiger partial charge >= 0.3 is 0 Å². The van der Waals surface area contributed by atoms with Gasteiger partial charge in [-0.2, -0.15) is 0 Å². The molecule has 1 aromatic heterocycles. The van der Waals surface area contributed by atoms with Gasteiger partial charge in [0, 0.05) is 14.7 Å². The third kappa shape index (κ3) is 3.57. The van der Waals surface area contributed by atoms with Gasteiger partial charge in [0.05, 0.1) is 11.4 Å². The molecule has 0 unspecified atom stereocenters. The molecule has 0 bridgehead atoms. The van der Waals surface area contributed by atoms with E-state index in [0.29, 0.717) is 5.92 Å². The first-order valence-electron chi connectivity index (χ1n) is 5.48. The fourth-order valence-corrected chi connectivity index (χ4v) is 3.90. The third-order valence-electron chi connectivity index (χ3n) is 2.35. The first-order valence-corrected chi connectivity index (χ1v) is 8.14. The molecular weight excluding hydrogens is 314 g/mol. The summed E-state index contributed by atoms with van der Waals surface area (Å²) in [6, 6.07) is 8.30. The molecule has 1 heterocycles. The van der Waals surface area contributed by atoms with Crippen molar-refractivity contribution in [3.8, 4) is 0 Å². The SMILES string of the molecule is CC(C)c1csc(CSc2ccccc2Br)n1. The zero-order valence-electron chi connectivity index (χ0n) is 9.81. The highest BCUT2D eigenvalue weighted by Crippen LogP contribution is 2.31. The third-order valence-corrected chi connectivity index (χ3v) is 5.44. The molecule has 0 radical (unpaired) electrons. The highest BCUT2D eigenvalue weighted by molar-refractivity contribution is 9.10. The van der Waals surface area contributed by atoms with Crippen LogP contribution < -0.4 is 0 Å². The fraction of sp³-hybridized carbons (Fsp3) is 0.308. The van der Waals surface area contributed by atoms with Gasteiger partial charge in [0.25, 0.3) is 0 Å². The van der Waals surface area contributed by atoms with Crippen molar-refractivity contribution in [3.05, 3.63) is 44.8 Å². The van der Waals surface area contributed by atoms with Crippen molar-refractivity contribution in [1.82, 2.24) is 4.98 Å². The molecule has 0 aliphatic heterocycles. The molecule has 17 heavy (non-hydrogen) atoms. The Balaban J connectivity index is 2.00. The van der Waals surface area contributed by atoms with E-state index in [-0.39, 0.29) is 0 Å². The summed E-state index contributed by atoms with van der Waals surface area (Å²) in [7, 11) is 0. The second-order valence-corrected chi connectivity index (χ2v) is 6.85. The van der Waals surface area contributed by atoms with Gasteiger partial charge in [-0.05, 0) is 34.0 Å². The first-order chi connectivity index (χ1) is 8.16. The van der Waals surface area contributed by atoms with Crippen LogP contribution in [-0.4, -0.2) is 4.98 Å². The van der Waals surface area contributed by atoms with Crippen LogP contribution in [0.1, 0.15) is 30.5 Å². The highest BCUT2D eigenvalue weighted by Gasteiger charge is 2.06. The molecule has 2 aromatic rings. The smallest absolute Gasteiger partial charge is 0.103 e. The molecule has 0 amide bonds. The van der Waals surface area contributed by atoms with Gasteiger partial charge < -0.3 is 0 Å².